The van der Waals surface area contributed by atoms with Crippen molar-refractivity contribution in [3.63, 3.8) is 0 Å². The topological polar surface area (TPSA) is 133 Å². The minimum absolute atomic E-state index is 0.0215. The van der Waals surface area contributed by atoms with E-state index < -0.39 is 69.4 Å². The summed E-state index contributed by atoms with van der Waals surface area (Å²) in [5, 5.41) is 3.79. The summed E-state index contributed by atoms with van der Waals surface area (Å²) in [4.78, 5) is 31.5. The summed E-state index contributed by atoms with van der Waals surface area (Å²) in [6, 6.07) is 20.5. The van der Waals surface area contributed by atoms with Crippen LogP contribution in [0.15, 0.2) is 107 Å². The Kier molecular flexibility index (Phi) is 12.3. The van der Waals surface area contributed by atoms with Crippen LogP contribution in [0, 0.1) is 17.5 Å². The maximum absolute atomic E-state index is 15.7. The van der Waals surface area contributed by atoms with Crippen LogP contribution < -0.4 is 0 Å². The molecule has 0 bridgehead atoms. The van der Waals surface area contributed by atoms with Crippen molar-refractivity contribution >= 4 is 21.9 Å². The summed E-state index contributed by atoms with van der Waals surface area (Å²) in [5.41, 5.74) is 9.69. The molecular formula is C39H40F3N5O5S. The van der Waals surface area contributed by atoms with Gasteiger partial charge in [-0.3, -0.25) is 4.79 Å². The number of carbonyl (C=O) groups excluding carboxylic acids is 2. The van der Waals surface area contributed by atoms with Gasteiger partial charge in [0.15, 0.2) is 0 Å². The summed E-state index contributed by atoms with van der Waals surface area (Å²) in [6.45, 7) is 5.21. The average molecular weight is 748 g/mol. The average Bonchev–Trinajstić information content (AvgIpc) is 3.11. The molecule has 4 aromatic rings. The number of Topliss-reactive ketones (excluding diaryl/α,β-unsaturated/α-hetero) is 1. The van der Waals surface area contributed by atoms with Crippen molar-refractivity contribution in [2.24, 2.45) is 5.11 Å². The molecule has 53 heavy (non-hydrogen) atoms. The minimum atomic E-state index is -4.02. The lowest BCUT2D eigenvalue weighted by molar-refractivity contribution is -0.119. The molecule has 0 unspecified atom stereocenters. The molecule has 0 aromatic heterocycles. The molecule has 14 heteroatoms. The van der Waals surface area contributed by atoms with Gasteiger partial charge in [0, 0.05) is 42.9 Å². The van der Waals surface area contributed by atoms with E-state index in [2.05, 4.69) is 10.0 Å². The number of piperazine rings is 1. The van der Waals surface area contributed by atoms with E-state index in [4.69, 9.17) is 4.74 Å². The molecule has 1 fully saturated rings. The van der Waals surface area contributed by atoms with Crippen molar-refractivity contribution in [1.29, 1.82) is 0 Å². The molecule has 0 spiro atoms. The third kappa shape index (κ3) is 9.64. The predicted octanol–water partition coefficient (Wildman–Crippen LogP) is 7.97. The smallest absolute Gasteiger partial charge is 0.410 e. The summed E-state index contributed by atoms with van der Waals surface area (Å²) < 4.78 is 79.1. The largest absolute Gasteiger partial charge is 0.444 e. The van der Waals surface area contributed by atoms with Gasteiger partial charge in [-0.05, 0) is 104 Å². The molecule has 1 aliphatic heterocycles. The third-order valence-electron chi connectivity index (χ3n) is 8.98. The fourth-order valence-corrected chi connectivity index (χ4v) is 8.25. The zero-order valence-corrected chi connectivity index (χ0v) is 30.3. The first-order valence-electron chi connectivity index (χ1n) is 17.1. The van der Waals surface area contributed by atoms with Gasteiger partial charge in [0.1, 0.15) is 34.9 Å². The predicted molar refractivity (Wildman–Crippen MR) is 193 cm³/mol. The minimum Gasteiger partial charge on any atom is -0.444 e. The first-order valence-corrected chi connectivity index (χ1v) is 18.5. The maximum atomic E-state index is 15.7. The fraction of sp³-hybridized carbons (Fsp3) is 0.333. The zero-order valence-electron chi connectivity index (χ0n) is 29.5. The van der Waals surface area contributed by atoms with E-state index in [1.807, 2.05) is 0 Å². The Morgan fingerprint density at radius 1 is 0.906 bits per heavy atom. The number of ether oxygens (including phenoxy) is 1. The van der Waals surface area contributed by atoms with E-state index in [0.29, 0.717) is 0 Å². The summed E-state index contributed by atoms with van der Waals surface area (Å²) >= 11 is 0. The maximum Gasteiger partial charge on any atom is 0.410 e. The quantitative estimate of drug-likeness (QED) is 0.0824. The van der Waals surface area contributed by atoms with Crippen LogP contribution in [0.2, 0.25) is 0 Å². The number of hydrogen-bond acceptors (Lipinski definition) is 6. The lowest BCUT2D eigenvalue weighted by Gasteiger charge is -2.41. The molecule has 0 radical (unpaired) electrons. The molecule has 10 nitrogen and oxygen atoms in total. The lowest BCUT2D eigenvalue weighted by atomic mass is 9.81. The van der Waals surface area contributed by atoms with Crippen molar-refractivity contribution in [3.05, 3.63) is 147 Å². The number of halogens is 3. The second-order valence-corrected chi connectivity index (χ2v) is 15.7. The van der Waals surface area contributed by atoms with Crippen molar-refractivity contribution in [3.8, 4) is 0 Å². The van der Waals surface area contributed by atoms with Gasteiger partial charge in [-0.1, -0.05) is 59.7 Å². The highest BCUT2D eigenvalue weighted by atomic mass is 32.2. The SMILES string of the molecule is CC(C)(C)OC(=O)N1CCN(S(=O)(=O)c2ccccc2)[C@@H](CCc2c(F)cccc2CC(=O)[C@@H](N=[N+]=[N-])C(c2cccc(F)c2)c2cccc(F)c2)C1. The number of ketones is 1. The Balaban J connectivity index is 1.45. The Labute approximate surface area is 306 Å². The number of azide groups is 1. The molecule has 1 heterocycles. The van der Waals surface area contributed by atoms with E-state index >= 15 is 4.39 Å². The Morgan fingerprint density at radius 3 is 2.11 bits per heavy atom. The number of amides is 1. The fourth-order valence-electron chi connectivity index (χ4n) is 6.59. The van der Waals surface area contributed by atoms with E-state index in [0.717, 1.165) is 0 Å². The highest BCUT2D eigenvalue weighted by Crippen LogP contribution is 2.33. The standard InChI is InChI=1S/C39H40F3N5O5S/c1-39(2,3)52-38(49)46-20-21-47(53(50,51)32-15-5-4-6-16-32)31(25-46)18-19-33-26(10-9-17-34(33)42)24-35(48)37(44-45-43)36(27-11-7-13-29(40)22-27)28-12-8-14-30(41)23-28/h4-17,22-23,31,36-37H,18-21,24-25H2,1-3H3/t31-,37+/m0/s1. The van der Waals surface area contributed by atoms with Crippen molar-refractivity contribution < 1.29 is 35.9 Å². The van der Waals surface area contributed by atoms with Gasteiger partial charge in [0.2, 0.25) is 10.0 Å². The molecule has 0 aliphatic carbocycles. The van der Waals surface area contributed by atoms with Crippen LogP contribution in [0.5, 0.6) is 0 Å². The van der Waals surface area contributed by atoms with E-state index in [1.54, 1.807) is 57.2 Å². The van der Waals surface area contributed by atoms with Crippen LogP contribution in [0.4, 0.5) is 18.0 Å². The zero-order chi connectivity index (χ0) is 38.3. The second-order valence-electron chi connectivity index (χ2n) is 13.8. The van der Waals surface area contributed by atoms with Gasteiger partial charge in [0.05, 0.1) is 4.90 Å². The van der Waals surface area contributed by atoms with Crippen molar-refractivity contribution in [1.82, 2.24) is 9.21 Å². The number of carbonyl (C=O) groups is 2. The molecule has 1 saturated heterocycles. The first kappa shape index (κ1) is 39.0. The molecule has 4 aromatic carbocycles. The summed E-state index contributed by atoms with van der Waals surface area (Å²) in [5.74, 6) is -3.56. The number of nitrogens with zero attached hydrogens (tertiary/aromatic N) is 5. The second kappa shape index (κ2) is 16.7. The molecule has 0 saturated carbocycles. The number of benzene rings is 4. The normalized spacial score (nSPS) is 15.8. The number of hydrogen-bond donors (Lipinski definition) is 0. The molecule has 1 amide bonds. The lowest BCUT2D eigenvalue weighted by Crippen LogP contribution is -2.57. The Hall–Kier alpha value is -5.17. The van der Waals surface area contributed by atoms with Crippen LogP contribution in [0.3, 0.4) is 0 Å². The molecule has 0 N–H and O–H groups in total. The van der Waals surface area contributed by atoms with Gasteiger partial charge >= 0.3 is 6.09 Å². The first-order chi connectivity index (χ1) is 25.2. The van der Waals surface area contributed by atoms with Gasteiger partial charge in [0.25, 0.3) is 0 Å². The van der Waals surface area contributed by atoms with E-state index in [1.165, 1.54) is 69.9 Å². The van der Waals surface area contributed by atoms with E-state index in [-0.39, 0.29) is 59.6 Å². The summed E-state index contributed by atoms with van der Waals surface area (Å²) in [6.07, 6.45) is -0.959. The molecule has 5 rings (SSSR count). The van der Waals surface area contributed by atoms with Crippen LogP contribution in [-0.2, 0) is 32.4 Å². The number of rotatable bonds is 12. The van der Waals surface area contributed by atoms with Crippen molar-refractivity contribution in [2.45, 2.75) is 68.5 Å². The van der Waals surface area contributed by atoms with Crippen LogP contribution in [-0.4, -0.2) is 66.8 Å². The van der Waals surface area contributed by atoms with Gasteiger partial charge < -0.3 is 9.64 Å². The molecule has 1 aliphatic rings. The number of sulfonamides is 1. The Morgan fingerprint density at radius 2 is 1.53 bits per heavy atom. The van der Waals surface area contributed by atoms with Crippen molar-refractivity contribution in [2.75, 3.05) is 19.6 Å². The third-order valence-corrected chi connectivity index (χ3v) is 10.9. The van der Waals surface area contributed by atoms with Gasteiger partial charge in [-0.15, -0.1) is 0 Å². The van der Waals surface area contributed by atoms with Crippen LogP contribution >= 0.6 is 0 Å². The van der Waals surface area contributed by atoms with E-state index in [9.17, 15) is 32.3 Å². The highest BCUT2D eigenvalue weighted by molar-refractivity contribution is 7.89. The highest BCUT2D eigenvalue weighted by Gasteiger charge is 2.39. The Bertz CT molecular complexity index is 2060. The van der Waals surface area contributed by atoms with Crippen LogP contribution in [0.25, 0.3) is 10.4 Å². The monoisotopic (exact) mass is 747 g/mol. The van der Waals surface area contributed by atoms with Crippen LogP contribution in [0.1, 0.15) is 55.4 Å². The summed E-state index contributed by atoms with van der Waals surface area (Å²) in [7, 11) is -4.02. The molecular weight excluding hydrogens is 708 g/mol. The molecule has 278 valence electrons. The van der Waals surface area contributed by atoms with Gasteiger partial charge in [-0.2, -0.15) is 4.31 Å². The van der Waals surface area contributed by atoms with Gasteiger partial charge in [-0.25, -0.2) is 26.4 Å². The molecule has 2 atom stereocenters.